The van der Waals surface area contributed by atoms with E-state index >= 15 is 0 Å². The molecule has 1 aromatic rings. The van der Waals surface area contributed by atoms with Crippen LogP contribution in [0, 0.1) is 0 Å². The van der Waals surface area contributed by atoms with E-state index in [9.17, 15) is 0 Å². The summed E-state index contributed by atoms with van der Waals surface area (Å²) in [5.74, 6) is 2.56. The van der Waals surface area contributed by atoms with Crippen LogP contribution in [0.5, 0.6) is 17.2 Å². The molecule has 2 rings (SSSR count). The van der Waals surface area contributed by atoms with Gasteiger partial charge < -0.3 is 14.2 Å². The first-order valence-corrected chi connectivity index (χ1v) is 4.52. The Morgan fingerprint density at radius 3 is 3.15 bits per heavy atom. The molecule has 4 heteroatoms. The molecule has 1 aromatic carbocycles. The van der Waals surface area contributed by atoms with Crippen LogP contribution in [0.4, 0.5) is 0 Å². The van der Waals surface area contributed by atoms with E-state index in [1.54, 1.807) is 0 Å². The Bertz CT molecular complexity index is 301. The van der Waals surface area contributed by atoms with Crippen molar-refractivity contribution in [3.8, 4) is 17.2 Å². The molecule has 0 aromatic heterocycles. The molecule has 0 bridgehead atoms. The molecule has 0 radical (unpaired) electrons. The van der Waals surface area contributed by atoms with E-state index in [1.165, 1.54) is 0 Å². The van der Waals surface area contributed by atoms with Gasteiger partial charge in [-0.25, -0.2) is 0 Å². The van der Waals surface area contributed by atoms with Crippen molar-refractivity contribution >= 4 is 11.6 Å². The van der Waals surface area contributed by atoms with Gasteiger partial charge in [-0.05, 0) is 12.1 Å². The molecular weight excluding hydrogens is 192 g/mol. The van der Waals surface area contributed by atoms with E-state index in [0.717, 1.165) is 5.75 Å². The Kier molecular flexibility index (Phi) is 2.45. The molecule has 0 amide bonds. The summed E-state index contributed by atoms with van der Waals surface area (Å²) in [5.41, 5.74) is 0. The number of hydrogen-bond acceptors (Lipinski definition) is 3. The third kappa shape index (κ3) is 1.65. The van der Waals surface area contributed by atoms with Gasteiger partial charge in [0.05, 0.1) is 5.88 Å². The topological polar surface area (TPSA) is 27.7 Å². The number of ether oxygens (including phenoxy) is 3. The summed E-state index contributed by atoms with van der Waals surface area (Å²) < 4.78 is 15.8. The average Bonchev–Trinajstić information content (AvgIpc) is 2.62. The van der Waals surface area contributed by atoms with Gasteiger partial charge in [-0.3, -0.25) is 0 Å². The van der Waals surface area contributed by atoms with Crippen molar-refractivity contribution in [3.63, 3.8) is 0 Å². The highest BCUT2D eigenvalue weighted by atomic mass is 35.5. The van der Waals surface area contributed by atoms with Crippen LogP contribution in [-0.2, 0) is 0 Å². The summed E-state index contributed by atoms with van der Waals surface area (Å²) in [7, 11) is 0. The third-order valence-electron chi connectivity index (χ3n) is 1.70. The Balaban J connectivity index is 2.20. The molecule has 0 saturated heterocycles. The van der Waals surface area contributed by atoms with Crippen LogP contribution >= 0.6 is 11.6 Å². The number of para-hydroxylation sites is 1. The zero-order chi connectivity index (χ0) is 9.10. The van der Waals surface area contributed by atoms with Gasteiger partial charge in [-0.1, -0.05) is 6.07 Å². The highest BCUT2D eigenvalue weighted by Crippen LogP contribution is 2.40. The van der Waals surface area contributed by atoms with Crippen LogP contribution in [0.3, 0.4) is 0 Å². The normalized spacial score (nSPS) is 13.0. The summed E-state index contributed by atoms with van der Waals surface area (Å²) in [5, 5.41) is 0. The summed E-state index contributed by atoms with van der Waals surface area (Å²) in [6, 6.07) is 5.53. The van der Waals surface area contributed by atoms with Crippen LogP contribution < -0.4 is 14.2 Å². The van der Waals surface area contributed by atoms with E-state index in [0.29, 0.717) is 24.0 Å². The van der Waals surface area contributed by atoms with Gasteiger partial charge in [-0.2, -0.15) is 0 Å². The molecule has 1 heterocycles. The fraction of sp³-hybridized carbons (Fsp3) is 0.333. The number of halogens is 1. The molecule has 70 valence electrons. The molecule has 13 heavy (non-hydrogen) atoms. The van der Waals surface area contributed by atoms with Gasteiger partial charge in [0.25, 0.3) is 0 Å². The van der Waals surface area contributed by atoms with Crippen molar-refractivity contribution in [3.05, 3.63) is 18.2 Å². The lowest BCUT2D eigenvalue weighted by Gasteiger charge is -2.06. The van der Waals surface area contributed by atoms with E-state index < -0.39 is 0 Å². The SMILES string of the molecule is ClCCOc1cccc2c1OCO2. The average molecular weight is 201 g/mol. The summed E-state index contributed by atoms with van der Waals surface area (Å²) in [6.07, 6.45) is 0. The van der Waals surface area contributed by atoms with Crippen LogP contribution in [0.1, 0.15) is 0 Å². The van der Waals surface area contributed by atoms with Gasteiger partial charge in [-0.15, -0.1) is 11.6 Å². The standard InChI is InChI=1S/C9H9ClO3/c10-4-5-11-7-2-1-3-8-9(7)13-6-12-8/h1-3H,4-6H2. The maximum absolute atomic E-state index is 5.51. The van der Waals surface area contributed by atoms with Gasteiger partial charge >= 0.3 is 0 Å². The molecule has 1 aliphatic rings. The predicted octanol–water partition coefficient (Wildman–Crippen LogP) is 2.03. The second kappa shape index (κ2) is 3.75. The number of alkyl halides is 1. The molecule has 0 fully saturated rings. The van der Waals surface area contributed by atoms with E-state index in [2.05, 4.69) is 0 Å². The Morgan fingerprint density at radius 1 is 1.38 bits per heavy atom. The predicted molar refractivity (Wildman–Crippen MR) is 48.8 cm³/mol. The third-order valence-corrected chi connectivity index (χ3v) is 1.85. The van der Waals surface area contributed by atoms with Gasteiger partial charge in [0.2, 0.25) is 12.5 Å². The summed E-state index contributed by atoms with van der Waals surface area (Å²) in [4.78, 5) is 0. The van der Waals surface area contributed by atoms with E-state index in [1.807, 2.05) is 18.2 Å². The summed E-state index contributed by atoms with van der Waals surface area (Å²) >= 11 is 5.51. The molecular formula is C9H9ClO3. The molecule has 0 N–H and O–H groups in total. The maximum Gasteiger partial charge on any atom is 0.231 e. The highest BCUT2D eigenvalue weighted by molar-refractivity contribution is 6.18. The van der Waals surface area contributed by atoms with Crippen molar-refractivity contribution in [2.24, 2.45) is 0 Å². The van der Waals surface area contributed by atoms with Gasteiger partial charge in [0, 0.05) is 0 Å². The molecule has 0 spiro atoms. The van der Waals surface area contributed by atoms with Crippen LogP contribution in [0.2, 0.25) is 0 Å². The maximum atomic E-state index is 5.51. The lowest BCUT2D eigenvalue weighted by atomic mass is 10.3. The minimum atomic E-state index is 0.260. The lowest BCUT2D eigenvalue weighted by molar-refractivity contribution is 0.170. The second-order valence-corrected chi connectivity index (χ2v) is 2.91. The van der Waals surface area contributed by atoms with Gasteiger partial charge in [0.1, 0.15) is 6.61 Å². The zero-order valence-electron chi connectivity index (χ0n) is 6.96. The molecule has 0 aliphatic carbocycles. The number of rotatable bonds is 3. The first kappa shape index (κ1) is 8.51. The quantitative estimate of drug-likeness (QED) is 0.699. The Hall–Kier alpha value is -1.09. The van der Waals surface area contributed by atoms with Crippen LogP contribution in [0.15, 0.2) is 18.2 Å². The van der Waals surface area contributed by atoms with Crippen molar-refractivity contribution in [2.45, 2.75) is 0 Å². The van der Waals surface area contributed by atoms with E-state index in [4.69, 9.17) is 25.8 Å². The second-order valence-electron chi connectivity index (χ2n) is 2.53. The van der Waals surface area contributed by atoms with Crippen molar-refractivity contribution in [2.75, 3.05) is 19.3 Å². The van der Waals surface area contributed by atoms with Crippen LogP contribution in [0.25, 0.3) is 0 Å². The molecule has 0 unspecified atom stereocenters. The fourth-order valence-corrected chi connectivity index (χ4v) is 1.24. The smallest absolute Gasteiger partial charge is 0.231 e. The Labute approximate surface area is 81.2 Å². The van der Waals surface area contributed by atoms with Crippen molar-refractivity contribution in [1.29, 1.82) is 0 Å². The molecule has 1 aliphatic heterocycles. The lowest BCUT2D eigenvalue weighted by Crippen LogP contribution is -1.99. The highest BCUT2D eigenvalue weighted by Gasteiger charge is 2.17. The first-order chi connectivity index (χ1) is 6.42. The number of fused-ring (bicyclic) bond motifs is 1. The first-order valence-electron chi connectivity index (χ1n) is 3.99. The minimum Gasteiger partial charge on any atom is -0.488 e. The fourth-order valence-electron chi connectivity index (χ4n) is 1.17. The van der Waals surface area contributed by atoms with Crippen molar-refractivity contribution in [1.82, 2.24) is 0 Å². The molecule has 0 saturated carbocycles. The monoisotopic (exact) mass is 200 g/mol. The summed E-state index contributed by atoms with van der Waals surface area (Å²) in [6.45, 7) is 0.734. The Morgan fingerprint density at radius 2 is 2.31 bits per heavy atom. The minimum absolute atomic E-state index is 0.260. The molecule has 3 nitrogen and oxygen atoms in total. The van der Waals surface area contributed by atoms with Crippen LogP contribution in [-0.4, -0.2) is 19.3 Å². The van der Waals surface area contributed by atoms with E-state index in [-0.39, 0.29) is 6.79 Å². The largest absolute Gasteiger partial charge is 0.488 e. The number of hydrogen-bond donors (Lipinski definition) is 0. The zero-order valence-corrected chi connectivity index (χ0v) is 7.71. The van der Waals surface area contributed by atoms with Gasteiger partial charge in [0.15, 0.2) is 11.5 Å². The van der Waals surface area contributed by atoms with Crippen molar-refractivity contribution < 1.29 is 14.2 Å². The molecule has 0 atom stereocenters. The number of benzene rings is 1.